The number of rotatable bonds is 5. The Kier molecular flexibility index (Phi) is 4.45. The van der Waals surface area contributed by atoms with Crippen molar-refractivity contribution in [1.29, 1.82) is 0 Å². The summed E-state index contributed by atoms with van der Waals surface area (Å²) in [7, 11) is 5.90. The second kappa shape index (κ2) is 6.50. The van der Waals surface area contributed by atoms with Crippen LogP contribution in [0.2, 0.25) is 0 Å². The fraction of sp³-hybridized carbons (Fsp3) is 0.471. The lowest BCUT2D eigenvalue weighted by molar-refractivity contribution is 0.368. The molecule has 118 valence electrons. The van der Waals surface area contributed by atoms with Crippen molar-refractivity contribution < 1.29 is 4.74 Å². The molecular formula is C17H24N4O. The summed E-state index contributed by atoms with van der Waals surface area (Å²) in [5.41, 5.74) is 4.92. The van der Waals surface area contributed by atoms with Crippen LogP contribution in [0.5, 0.6) is 5.75 Å². The predicted molar refractivity (Wildman–Crippen MR) is 88.2 cm³/mol. The number of hydrogen-bond acceptors (Lipinski definition) is 4. The third-order valence-electron chi connectivity index (χ3n) is 4.11. The summed E-state index contributed by atoms with van der Waals surface area (Å²) in [6.07, 6.45) is 1.04. The molecule has 0 aliphatic carbocycles. The molecule has 0 radical (unpaired) electrons. The Labute approximate surface area is 131 Å². The molecule has 0 spiro atoms. The van der Waals surface area contributed by atoms with E-state index in [1.807, 2.05) is 12.1 Å². The maximum atomic E-state index is 5.35. The lowest BCUT2D eigenvalue weighted by Crippen LogP contribution is -2.26. The Bertz CT molecular complexity index is 648. The molecule has 0 unspecified atom stereocenters. The van der Waals surface area contributed by atoms with Crippen LogP contribution >= 0.6 is 0 Å². The number of hydrogen-bond donors (Lipinski definition) is 1. The first-order valence-electron chi connectivity index (χ1n) is 7.77. The second-order valence-corrected chi connectivity index (χ2v) is 5.96. The number of methoxy groups -OCH3 is 1. The van der Waals surface area contributed by atoms with Gasteiger partial charge in [-0.15, -0.1) is 0 Å². The molecule has 2 aromatic rings. The maximum Gasteiger partial charge on any atom is 0.119 e. The van der Waals surface area contributed by atoms with Gasteiger partial charge in [-0.2, -0.15) is 5.10 Å². The van der Waals surface area contributed by atoms with E-state index in [4.69, 9.17) is 9.84 Å². The van der Waals surface area contributed by atoms with Gasteiger partial charge in [-0.05, 0) is 26.2 Å². The van der Waals surface area contributed by atoms with E-state index < -0.39 is 0 Å². The third kappa shape index (κ3) is 3.00. The Morgan fingerprint density at radius 1 is 1.36 bits per heavy atom. The number of likely N-dealkylation sites (N-methyl/N-ethyl adjacent to an activating group) is 1. The number of aromatic nitrogens is 2. The number of ether oxygens (including phenoxy) is 1. The first kappa shape index (κ1) is 15.1. The largest absolute Gasteiger partial charge is 0.497 e. The molecule has 0 saturated carbocycles. The molecule has 2 heterocycles. The molecule has 1 aliphatic heterocycles. The van der Waals surface area contributed by atoms with Crippen LogP contribution in [0.4, 0.5) is 0 Å². The molecule has 1 N–H and O–H groups in total. The molecule has 5 heteroatoms. The van der Waals surface area contributed by atoms with E-state index in [0.717, 1.165) is 49.6 Å². The number of benzene rings is 1. The second-order valence-electron chi connectivity index (χ2n) is 5.96. The summed E-state index contributed by atoms with van der Waals surface area (Å²) in [5, 5.41) is 8.37. The summed E-state index contributed by atoms with van der Waals surface area (Å²) >= 11 is 0. The van der Waals surface area contributed by atoms with E-state index >= 15 is 0 Å². The molecule has 1 aromatic heterocycles. The minimum absolute atomic E-state index is 0.873. The molecule has 1 aliphatic rings. The van der Waals surface area contributed by atoms with Gasteiger partial charge in [-0.3, -0.25) is 4.68 Å². The van der Waals surface area contributed by atoms with E-state index in [1.54, 1.807) is 7.11 Å². The average molecular weight is 300 g/mol. The highest BCUT2D eigenvalue weighted by molar-refractivity contribution is 5.66. The Morgan fingerprint density at radius 3 is 3.00 bits per heavy atom. The minimum atomic E-state index is 0.873. The van der Waals surface area contributed by atoms with Gasteiger partial charge < -0.3 is 15.0 Å². The normalized spacial score (nSPS) is 14.2. The van der Waals surface area contributed by atoms with Crippen molar-refractivity contribution in [1.82, 2.24) is 20.0 Å². The molecule has 1 aromatic carbocycles. The summed E-state index contributed by atoms with van der Waals surface area (Å²) < 4.78 is 7.53. The molecule has 0 bridgehead atoms. The lowest BCUT2D eigenvalue weighted by Gasteiger charge is -2.17. The Balaban J connectivity index is 1.99. The van der Waals surface area contributed by atoms with Crippen LogP contribution in [0.25, 0.3) is 11.3 Å². The van der Waals surface area contributed by atoms with Gasteiger partial charge in [-0.25, -0.2) is 0 Å². The fourth-order valence-electron chi connectivity index (χ4n) is 2.90. The smallest absolute Gasteiger partial charge is 0.119 e. The molecule has 22 heavy (non-hydrogen) atoms. The maximum absolute atomic E-state index is 5.35. The Hall–Kier alpha value is -1.85. The van der Waals surface area contributed by atoms with Crippen LogP contribution in [0.3, 0.4) is 0 Å². The topological polar surface area (TPSA) is 42.3 Å². The first-order chi connectivity index (χ1) is 10.7. The average Bonchev–Trinajstić information content (AvgIpc) is 2.92. The van der Waals surface area contributed by atoms with Crippen LogP contribution < -0.4 is 10.1 Å². The van der Waals surface area contributed by atoms with Crippen LogP contribution in [0.1, 0.15) is 11.3 Å². The minimum Gasteiger partial charge on any atom is -0.497 e. The highest BCUT2D eigenvalue weighted by atomic mass is 16.5. The quantitative estimate of drug-likeness (QED) is 0.914. The van der Waals surface area contributed by atoms with E-state index in [0.29, 0.717) is 0 Å². The van der Waals surface area contributed by atoms with E-state index in [1.165, 1.54) is 11.3 Å². The van der Waals surface area contributed by atoms with Gasteiger partial charge in [-0.1, -0.05) is 12.1 Å². The van der Waals surface area contributed by atoms with Gasteiger partial charge in [0.1, 0.15) is 5.75 Å². The van der Waals surface area contributed by atoms with Gasteiger partial charge >= 0.3 is 0 Å². The molecule has 5 nitrogen and oxygen atoms in total. The van der Waals surface area contributed by atoms with Gasteiger partial charge in [0.15, 0.2) is 0 Å². The predicted octanol–water partition coefficient (Wildman–Crippen LogP) is 1.77. The van der Waals surface area contributed by atoms with Crippen molar-refractivity contribution >= 4 is 0 Å². The highest BCUT2D eigenvalue weighted by Crippen LogP contribution is 2.29. The third-order valence-corrected chi connectivity index (χ3v) is 4.11. The first-order valence-corrected chi connectivity index (χ1v) is 7.77. The summed E-state index contributed by atoms with van der Waals surface area (Å²) in [5.74, 6) is 0.873. The molecule has 0 amide bonds. The van der Waals surface area contributed by atoms with Crippen molar-refractivity contribution in [3.05, 3.63) is 35.5 Å². The zero-order chi connectivity index (χ0) is 15.5. The molecule has 0 atom stereocenters. The number of nitrogens with one attached hydrogen (secondary N) is 1. The summed E-state index contributed by atoms with van der Waals surface area (Å²) in [6, 6.07) is 8.16. The fourth-order valence-corrected chi connectivity index (χ4v) is 2.90. The van der Waals surface area contributed by atoms with Crippen LogP contribution in [0.15, 0.2) is 24.3 Å². The highest BCUT2D eigenvalue weighted by Gasteiger charge is 2.21. The van der Waals surface area contributed by atoms with Crippen molar-refractivity contribution in [3.63, 3.8) is 0 Å². The SMILES string of the molecule is COc1cccc(-c2nn(CCN(C)C)c3c2CNCC3)c1. The number of nitrogens with zero attached hydrogens (tertiary/aromatic N) is 3. The van der Waals surface area contributed by atoms with Crippen LogP contribution in [0, 0.1) is 0 Å². The van der Waals surface area contributed by atoms with Crippen molar-refractivity contribution in [2.75, 3.05) is 34.3 Å². The van der Waals surface area contributed by atoms with Gasteiger partial charge in [0, 0.05) is 42.9 Å². The summed E-state index contributed by atoms with van der Waals surface area (Å²) in [4.78, 5) is 2.19. The van der Waals surface area contributed by atoms with Crippen LogP contribution in [-0.2, 0) is 19.5 Å². The van der Waals surface area contributed by atoms with Gasteiger partial charge in [0.05, 0.1) is 19.3 Å². The zero-order valence-electron chi connectivity index (χ0n) is 13.6. The van der Waals surface area contributed by atoms with Crippen molar-refractivity contribution in [2.24, 2.45) is 0 Å². The van der Waals surface area contributed by atoms with Gasteiger partial charge in [0.2, 0.25) is 0 Å². The zero-order valence-corrected chi connectivity index (χ0v) is 13.6. The van der Waals surface area contributed by atoms with E-state index in [-0.39, 0.29) is 0 Å². The lowest BCUT2D eigenvalue weighted by atomic mass is 10.0. The summed E-state index contributed by atoms with van der Waals surface area (Å²) in [6.45, 7) is 3.85. The molecule has 3 rings (SSSR count). The van der Waals surface area contributed by atoms with Gasteiger partial charge in [0.25, 0.3) is 0 Å². The number of fused-ring (bicyclic) bond motifs is 1. The molecular weight excluding hydrogens is 276 g/mol. The molecule has 0 saturated heterocycles. The molecule has 0 fully saturated rings. The Morgan fingerprint density at radius 2 is 2.23 bits per heavy atom. The van der Waals surface area contributed by atoms with Crippen molar-refractivity contribution in [3.8, 4) is 17.0 Å². The standard InChI is InChI=1S/C17H24N4O/c1-20(2)9-10-21-16-7-8-18-12-15(16)17(19-21)13-5-4-6-14(11-13)22-3/h4-6,11,18H,7-10,12H2,1-3H3. The monoisotopic (exact) mass is 300 g/mol. The van der Waals surface area contributed by atoms with E-state index in [2.05, 4.69) is 41.1 Å². The van der Waals surface area contributed by atoms with Crippen molar-refractivity contribution in [2.45, 2.75) is 19.5 Å². The van der Waals surface area contributed by atoms with Crippen LogP contribution in [-0.4, -0.2) is 49.0 Å². The van der Waals surface area contributed by atoms with E-state index in [9.17, 15) is 0 Å².